The van der Waals surface area contributed by atoms with Gasteiger partial charge in [-0.05, 0) is 75.8 Å². The first-order chi connectivity index (χ1) is 13.1. The second-order valence-electron chi connectivity index (χ2n) is 6.64. The normalized spacial score (nSPS) is 10.7. The van der Waals surface area contributed by atoms with Gasteiger partial charge < -0.3 is 17.2 Å². The van der Waals surface area contributed by atoms with Crippen LogP contribution in [0.3, 0.4) is 0 Å². The Bertz CT molecular complexity index is 1120. The summed E-state index contributed by atoms with van der Waals surface area (Å²) < 4.78 is 0. The molecule has 3 nitrogen and oxygen atoms in total. The number of anilines is 3. The van der Waals surface area contributed by atoms with Crippen molar-refractivity contribution in [3.8, 4) is 33.4 Å². The second-order valence-corrected chi connectivity index (χ2v) is 6.64. The van der Waals surface area contributed by atoms with E-state index in [1.165, 1.54) is 0 Å². The Labute approximate surface area is 159 Å². The van der Waals surface area contributed by atoms with Gasteiger partial charge in [0.15, 0.2) is 0 Å². The standard InChI is InChI=1S/C24H21N3/c25-20-7-1-4-16(12-20)17-10-11-23(18-5-2-8-21(26)13-18)24(15-17)19-6-3-9-22(27)14-19/h1-15H,25-27H2. The smallest absolute Gasteiger partial charge is 0.0320 e. The van der Waals surface area contributed by atoms with E-state index in [9.17, 15) is 0 Å². The Morgan fingerprint density at radius 1 is 0.370 bits per heavy atom. The molecule has 0 heterocycles. The van der Waals surface area contributed by atoms with Crippen molar-refractivity contribution in [1.82, 2.24) is 0 Å². The van der Waals surface area contributed by atoms with E-state index < -0.39 is 0 Å². The molecular formula is C24H21N3. The summed E-state index contributed by atoms with van der Waals surface area (Å²) >= 11 is 0. The molecule has 0 atom stereocenters. The van der Waals surface area contributed by atoms with E-state index in [-0.39, 0.29) is 0 Å². The van der Waals surface area contributed by atoms with Crippen molar-refractivity contribution >= 4 is 17.1 Å². The van der Waals surface area contributed by atoms with Gasteiger partial charge in [0.2, 0.25) is 0 Å². The van der Waals surface area contributed by atoms with Crippen LogP contribution in [-0.2, 0) is 0 Å². The molecule has 0 fully saturated rings. The van der Waals surface area contributed by atoms with Crippen LogP contribution >= 0.6 is 0 Å². The Morgan fingerprint density at radius 2 is 0.815 bits per heavy atom. The van der Waals surface area contributed by atoms with Crippen LogP contribution in [0.25, 0.3) is 33.4 Å². The topological polar surface area (TPSA) is 78.1 Å². The van der Waals surface area contributed by atoms with Crippen LogP contribution in [0.1, 0.15) is 0 Å². The molecule has 6 N–H and O–H groups in total. The largest absolute Gasteiger partial charge is 0.399 e. The molecule has 0 unspecified atom stereocenters. The van der Waals surface area contributed by atoms with Crippen LogP contribution in [-0.4, -0.2) is 0 Å². The molecule has 0 amide bonds. The van der Waals surface area contributed by atoms with Crippen molar-refractivity contribution in [2.45, 2.75) is 0 Å². The molecule has 0 aliphatic heterocycles. The van der Waals surface area contributed by atoms with Crippen LogP contribution in [0, 0.1) is 0 Å². The van der Waals surface area contributed by atoms with Gasteiger partial charge in [0.05, 0.1) is 0 Å². The highest BCUT2D eigenvalue weighted by molar-refractivity contribution is 5.88. The maximum Gasteiger partial charge on any atom is 0.0320 e. The Morgan fingerprint density at radius 3 is 1.37 bits per heavy atom. The van der Waals surface area contributed by atoms with Crippen LogP contribution in [0.5, 0.6) is 0 Å². The zero-order valence-corrected chi connectivity index (χ0v) is 14.9. The van der Waals surface area contributed by atoms with Crippen LogP contribution in [0.2, 0.25) is 0 Å². The van der Waals surface area contributed by atoms with Crippen molar-refractivity contribution < 1.29 is 0 Å². The number of hydrogen-bond acceptors (Lipinski definition) is 3. The maximum atomic E-state index is 6.04. The van der Waals surface area contributed by atoms with E-state index >= 15 is 0 Å². The fourth-order valence-electron chi connectivity index (χ4n) is 3.35. The molecule has 0 aromatic heterocycles. The van der Waals surface area contributed by atoms with Gasteiger partial charge in [0.1, 0.15) is 0 Å². The zero-order valence-electron chi connectivity index (χ0n) is 14.9. The van der Waals surface area contributed by atoms with Crippen molar-refractivity contribution in [1.29, 1.82) is 0 Å². The first-order valence-corrected chi connectivity index (χ1v) is 8.82. The summed E-state index contributed by atoms with van der Waals surface area (Å²) in [4.78, 5) is 0. The van der Waals surface area contributed by atoms with E-state index in [0.717, 1.165) is 50.4 Å². The molecule has 3 heteroatoms. The lowest BCUT2D eigenvalue weighted by Gasteiger charge is -2.14. The highest BCUT2D eigenvalue weighted by Gasteiger charge is 2.11. The van der Waals surface area contributed by atoms with Crippen LogP contribution in [0.15, 0.2) is 91.0 Å². The average Bonchev–Trinajstić information content (AvgIpc) is 2.67. The average molecular weight is 351 g/mol. The fourth-order valence-corrected chi connectivity index (χ4v) is 3.35. The lowest BCUT2D eigenvalue weighted by molar-refractivity contribution is 1.56. The summed E-state index contributed by atoms with van der Waals surface area (Å²) in [5, 5.41) is 0. The van der Waals surface area contributed by atoms with Gasteiger partial charge in [-0.1, -0.05) is 48.5 Å². The predicted molar refractivity (Wildman–Crippen MR) is 116 cm³/mol. The first kappa shape index (κ1) is 16.7. The fraction of sp³-hybridized carbons (Fsp3) is 0. The molecule has 132 valence electrons. The quantitative estimate of drug-likeness (QED) is 0.430. The number of hydrogen-bond donors (Lipinski definition) is 3. The lowest BCUT2D eigenvalue weighted by Crippen LogP contribution is -1.91. The molecule has 27 heavy (non-hydrogen) atoms. The minimum absolute atomic E-state index is 0.736. The third kappa shape index (κ3) is 3.48. The summed E-state index contributed by atoms with van der Waals surface area (Å²) in [6.45, 7) is 0. The maximum absolute atomic E-state index is 6.04. The van der Waals surface area contributed by atoms with E-state index in [1.807, 2.05) is 54.6 Å². The number of benzene rings is 4. The van der Waals surface area contributed by atoms with Crippen molar-refractivity contribution in [3.05, 3.63) is 91.0 Å². The van der Waals surface area contributed by atoms with Crippen LogP contribution < -0.4 is 17.2 Å². The molecule has 4 aromatic carbocycles. The summed E-state index contributed by atoms with van der Waals surface area (Å²) in [6.07, 6.45) is 0. The van der Waals surface area contributed by atoms with Gasteiger partial charge in [0.25, 0.3) is 0 Å². The van der Waals surface area contributed by atoms with Crippen molar-refractivity contribution in [2.24, 2.45) is 0 Å². The Kier molecular flexibility index (Phi) is 4.27. The Balaban J connectivity index is 1.94. The summed E-state index contributed by atoms with van der Waals surface area (Å²) in [6, 6.07) is 30.2. The van der Waals surface area contributed by atoms with E-state index in [0.29, 0.717) is 0 Å². The van der Waals surface area contributed by atoms with Gasteiger partial charge in [-0.25, -0.2) is 0 Å². The molecule has 0 saturated carbocycles. The molecule has 0 spiro atoms. The minimum Gasteiger partial charge on any atom is -0.399 e. The number of nitrogens with two attached hydrogens (primary N) is 3. The third-order valence-corrected chi connectivity index (χ3v) is 4.63. The molecule has 0 aliphatic rings. The molecule has 4 aromatic rings. The lowest BCUT2D eigenvalue weighted by atomic mass is 9.90. The van der Waals surface area contributed by atoms with E-state index in [4.69, 9.17) is 17.2 Å². The van der Waals surface area contributed by atoms with E-state index in [2.05, 4.69) is 36.4 Å². The highest BCUT2D eigenvalue weighted by Crippen LogP contribution is 2.37. The summed E-state index contributed by atoms with van der Waals surface area (Å²) in [7, 11) is 0. The van der Waals surface area contributed by atoms with Gasteiger partial charge >= 0.3 is 0 Å². The third-order valence-electron chi connectivity index (χ3n) is 4.63. The SMILES string of the molecule is Nc1cccc(-c2ccc(-c3cccc(N)c3)c(-c3cccc(N)c3)c2)c1. The van der Waals surface area contributed by atoms with Crippen molar-refractivity contribution in [3.63, 3.8) is 0 Å². The number of nitrogen functional groups attached to an aromatic ring is 3. The molecule has 0 radical (unpaired) electrons. The van der Waals surface area contributed by atoms with E-state index in [1.54, 1.807) is 0 Å². The molecule has 0 bridgehead atoms. The van der Waals surface area contributed by atoms with Crippen molar-refractivity contribution in [2.75, 3.05) is 17.2 Å². The molecular weight excluding hydrogens is 330 g/mol. The minimum atomic E-state index is 0.736. The molecule has 0 aliphatic carbocycles. The first-order valence-electron chi connectivity index (χ1n) is 8.82. The summed E-state index contributed by atoms with van der Waals surface area (Å²) in [5.74, 6) is 0. The zero-order chi connectivity index (χ0) is 18.8. The van der Waals surface area contributed by atoms with Gasteiger partial charge in [0, 0.05) is 17.1 Å². The number of rotatable bonds is 3. The van der Waals surface area contributed by atoms with Gasteiger partial charge in [-0.2, -0.15) is 0 Å². The second kappa shape index (κ2) is 6.89. The summed E-state index contributed by atoms with van der Waals surface area (Å²) in [5.41, 5.74) is 26.8. The van der Waals surface area contributed by atoms with Gasteiger partial charge in [-0.3, -0.25) is 0 Å². The Hall–Kier alpha value is -3.72. The molecule has 4 rings (SSSR count). The highest BCUT2D eigenvalue weighted by atomic mass is 14.5. The predicted octanol–water partition coefficient (Wildman–Crippen LogP) is 5.43. The molecule has 0 saturated heterocycles. The monoisotopic (exact) mass is 351 g/mol. The van der Waals surface area contributed by atoms with Crippen LogP contribution in [0.4, 0.5) is 17.1 Å². The van der Waals surface area contributed by atoms with Gasteiger partial charge in [-0.15, -0.1) is 0 Å².